The van der Waals surface area contributed by atoms with Crippen molar-refractivity contribution in [2.75, 3.05) is 19.6 Å². The first-order chi connectivity index (χ1) is 6.77. The van der Waals surface area contributed by atoms with E-state index in [1.54, 1.807) is 5.20 Å². The molecule has 1 aliphatic rings. The first kappa shape index (κ1) is 12.0. The summed E-state index contributed by atoms with van der Waals surface area (Å²) in [7, 11) is -0.593. The minimum absolute atomic E-state index is 0.593. The summed E-state index contributed by atoms with van der Waals surface area (Å²) in [6.07, 6.45) is 4.24. The number of rotatable bonds is 5. The molecule has 0 spiro atoms. The Kier molecular flexibility index (Phi) is 5.49. The average Bonchev–Trinajstić information content (AvgIpc) is 2.21. The maximum absolute atomic E-state index is 4.31. The molecule has 2 heteroatoms. The molecule has 0 aromatic carbocycles. The van der Waals surface area contributed by atoms with Crippen LogP contribution in [0.2, 0.25) is 12.1 Å². The van der Waals surface area contributed by atoms with Gasteiger partial charge in [-0.2, -0.15) is 0 Å². The second-order valence-electron chi connectivity index (χ2n) is 4.51. The maximum atomic E-state index is 4.31. The molecule has 0 aromatic heterocycles. The van der Waals surface area contributed by atoms with Gasteiger partial charge in [0.05, 0.1) is 8.80 Å². The van der Waals surface area contributed by atoms with Gasteiger partial charge in [0, 0.05) is 6.54 Å². The van der Waals surface area contributed by atoms with Crippen molar-refractivity contribution in [2.24, 2.45) is 0 Å². The lowest BCUT2D eigenvalue weighted by molar-refractivity contribution is 0.249. The van der Waals surface area contributed by atoms with E-state index in [1.807, 2.05) is 0 Å². The predicted molar refractivity (Wildman–Crippen MR) is 67.5 cm³/mol. The number of likely N-dealkylation sites (tertiary alicyclic amines) is 1. The van der Waals surface area contributed by atoms with Gasteiger partial charge in [-0.3, -0.25) is 4.90 Å². The molecule has 0 saturated carbocycles. The van der Waals surface area contributed by atoms with Gasteiger partial charge in [-0.1, -0.05) is 37.6 Å². The molecule has 0 bridgehead atoms. The van der Waals surface area contributed by atoms with E-state index in [-0.39, 0.29) is 0 Å². The molecule has 0 unspecified atom stereocenters. The van der Waals surface area contributed by atoms with Crippen LogP contribution in [0, 0.1) is 0 Å². The zero-order valence-electron chi connectivity index (χ0n) is 9.89. The van der Waals surface area contributed by atoms with E-state index in [0.29, 0.717) is 0 Å². The molecule has 1 rings (SSSR count). The van der Waals surface area contributed by atoms with Crippen LogP contribution in [-0.2, 0) is 0 Å². The summed E-state index contributed by atoms with van der Waals surface area (Å²) in [4.78, 5) is 2.61. The molecule has 0 aliphatic carbocycles. The number of hydrogen-bond donors (Lipinski definition) is 0. The Labute approximate surface area is 90.8 Å². The number of hydrogen-bond acceptors (Lipinski definition) is 1. The minimum atomic E-state index is -0.593. The molecule has 0 atom stereocenters. The third-order valence-electron chi connectivity index (χ3n) is 3.44. The Morgan fingerprint density at radius 1 is 1.14 bits per heavy atom. The van der Waals surface area contributed by atoms with Crippen molar-refractivity contribution in [1.82, 2.24) is 4.90 Å². The number of nitrogens with zero attached hydrogens (tertiary/aromatic N) is 1. The van der Waals surface area contributed by atoms with Crippen molar-refractivity contribution in [2.45, 2.75) is 45.2 Å². The molecule has 1 fully saturated rings. The smallest absolute Gasteiger partial charge is 0.0660 e. The number of piperidine rings is 1. The van der Waals surface area contributed by atoms with Gasteiger partial charge in [0.25, 0.3) is 0 Å². The summed E-state index contributed by atoms with van der Waals surface area (Å²) in [6, 6.07) is 2.78. The third kappa shape index (κ3) is 3.58. The zero-order chi connectivity index (χ0) is 10.4. The molecule has 0 N–H and O–H groups in total. The van der Waals surface area contributed by atoms with Crippen molar-refractivity contribution in [3.05, 3.63) is 11.8 Å². The summed E-state index contributed by atoms with van der Waals surface area (Å²) >= 11 is 0. The van der Waals surface area contributed by atoms with Gasteiger partial charge in [-0.15, -0.1) is 6.58 Å². The van der Waals surface area contributed by atoms with Crippen molar-refractivity contribution in [3.63, 3.8) is 0 Å². The van der Waals surface area contributed by atoms with Gasteiger partial charge in [0.15, 0.2) is 0 Å². The summed E-state index contributed by atoms with van der Waals surface area (Å²) in [6.45, 7) is 12.8. The lowest BCUT2D eigenvalue weighted by Crippen LogP contribution is -2.34. The first-order valence-corrected chi connectivity index (χ1v) is 8.39. The molecule has 82 valence electrons. The molecular formula is C12H25NSi. The molecule has 1 heterocycles. The Balaban J connectivity index is 2.30. The molecule has 1 nitrogen and oxygen atoms in total. The highest BCUT2D eigenvalue weighted by Gasteiger charge is 2.15. The van der Waals surface area contributed by atoms with Crippen molar-refractivity contribution < 1.29 is 0 Å². The van der Waals surface area contributed by atoms with Gasteiger partial charge in [-0.05, 0) is 25.9 Å². The molecular weight excluding hydrogens is 186 g/mol. The van der Waals surface area contributed by atoms with Crippen molar-refractivity contribution in [3.8, 4) is 0 Å². The lowest BCUT2D eigenvalue weighted by Gasteiger charge is -2.29. The predicted octanol–water partition coefficient (Wildman–Crippen LogP) is 2.83. The zero-order valence-corrected chi connectivity index (χ0v) is 11.0. The van der Waals surface area contributed by atoms with Gasteiger partial charge in [-0.25, -0.2) is 0 Å². The summed E-state index contributed by atoms with van der Waals surface area (Å²) < 4.78 is 0. The van der Waals surface area contributed by atoms with Crippen LogP contribution in [0.25, 0.3) is 0 Å². The van der Waals surface area contributed by atoms with Crippen LogP contribution in [-0.4, -0.2) is 33.3 Å². The minimum Gasteiger partial charge on any atom is -0.300 e. The monoisotopic (exact) mass is 211 g/mol. The van der Waals surface area contributed by atoms with E-state index < -0.39 is 8.80 Å². The van der Waals surface area contributed by atoms with Crippen LogP contribution in [0.3, 0.4) is 0 Å². The molecule has 1 aliphatic heterocycles. The van der Waals surface area contributed by atoms with Crippen LogP contribution in [0.5, 0.6) is 0 Å². The second kappa shape index (κ2) is 6.41. The molecule has 0 amide bonds. The Morgan fingerprint density at radius 2 is 1.71 bits per heavy atom. The molecule has 1 saturated heterocycles. The second-order valence-corrected chi connectivity index (χ2v) is 8.35. The normalized spacial score (nSPS) is 18.8. The van der Waals surface area contributed by atoms with Crippen molar-refractivity contribution >= 4 is 8.80 Å². The lowest BCUT2D eigenvalue weighted by atomic mass is 10.1. The molecule has 14 heavy (non-hydrogen) atoms. The Hall–Kier alpha value is -0.0831. The highest BCUT2D eigenvalue weighted by atomic mass is 28.3. The fourth-order valence-corrected chi connectivity index (χ4v) is 4.65. The van der Waals surface area contributed by atoms with Gasteiger partial charge in [0.2, 0.25) is 0 Å². The van der Waals surface area contributed by atoms with E-state index >= 15 is 0 Å². The SMILES string of the molecule is C=C(CN1CCCCC1)[SiH](CC)CC. The van der Waals surface area contributed by atoms with Crippen LogP contribution < -0.4 is 0 Å². The van der Waals surface area contributed by atoms with Gasteiger partial charge in [0.1, 0.15) is 0 Å². The molecule has 0 radical (unpaired) electrons. The largest absolute Gasteiger partial charge is 0.300 e. The van der Waals surface area contributed by atoms with Gasteiger partial charge >= 0.3 is 0 Å². The highest BCUT2D eigenvalue weighted by Crippen LogP contribution is 2.14. The van der Waals surface area contributed by atoms with Gasteiger partial charge < -0.3 is 0 Å². The summed E-state index contributed by atoms with van der Waals surface area (Å²) in [5.74, 6) is 0. The summed E-state index contributed by atoms with van der Waals surface area (Å²) in [5.41, 5.74) is 0. The fourth-order valence-electron chi connectivity index (χ4n) is 2.40. The standard InChI is InChI=1S/C12H25NSi/c1-4-14(5-2)12(3)11-13-9-7-6-8-10-13/h14H,3-11H2,1-2H3. The fraction of sp³-hybridized carbons (Fsp3) is 0.833. The van der Waals surface area contributed by atoms with Crippen LogP contribution in [0.4, 0.5) is 0 Å². The highest BCUT2D eigenvalue weighted by molar-refractivity contribution is 6.66. The Morgan fingerprint density at radius 3 is 2.21 bits per heavy atom. The van der Waals surface area contributed by atoms with E-state index in [9.17, 15) is 0 Å². The van der Waals surface area contributed by atoms with Crippen molar-refractivity contribution in [1.29, 1.82) is 0 Å². The first-order valence-electron chi connectivity index (χ1n) is 6.18. The van der Waals surface area contributed by atoms with E-state index in [4.69, 9.17) is 0 Å². The van der Waals surface area contributed by atoms with Crippen LogP contribution >= 0.6 is 0 Å². The quantitative estimate of drug-likeness (QED) is 0.632. The van der Waals surface area contributed by atoms with Crippen LogP contribution in [0.1, 0.15) is 33.1 Å². The maximum Gasteiger partial charge on any atom is 0.0660 e. The van der Waals surface area contributed by atoms with E-state index in [2.05, 4.69) is 25.3 Å². The molecule has 0 aromatic rings. The summed E-state index contributed by atoms with van der Waals surface area (Å²) in [5, 5.41) is 1.59. The topological polar surface area (TPSA) is 3.24 Å². The average molecular weight is 211 g/mol. The Bertz CT molecular complexity index is 169. The third-order valence-corrected chi connectivity index (χ3v) is 6.75. The van der Waals surface area contributed by atoms with Crippen LogP contribution in [0.15, 0.2) is 11.8 Å². The van der Waals surface area contributed by atoms with E-state index in [1.165, 1.54) is 51.0 Å². The van der Waals surface area contributed by atoms with E-state index in [0.717, 1.165) is 0 Å².